The second-order valence-electron chi connectivity index (χ2n) is 4.52. The summed E-state index contributed by atoms with van der Waals surface area (Å²) in [4.78, 5) is 24.9. The lowest BCUT2D eigenvalue weighted by Gasteiger charge is -2.34. The van der Waals surface area contributed by atoms with Crippen LogP contribution in [0.5, 0.6) is 0 Å². The van der Waals surface area contributed by atoms with Crippen molar-refractivity contribution < 1.29 is 14.0 Å². The van der Waals surface area contributed by atoms with Crippen LogP contribution < -0.4 is 11.1 Å². The van der Waals surface area contributed by atoms with Crippen LogP contribution in [0, 0.1) is 5.82 Å². The first kappa shape index (κ1) is 13.5. The molecule has 1 heterocycles. The maximum atomic E-state index is 13.1. The van der Waals surface area contributed by atoms with Crippen LogP contribution in [0.3, 0.4) is 0 Å². The summed E-state index contributed by atoms with van der Waals surface area (Å²) >= 11 is 0. The highest BCUT2D eigenvalue weighted by Crippen LogP contribution is 2.09. The highest BCUT2D eigenvalue weighted by molar-refractivity contribution is 5.88. The largest absolute Gasteiger partial charge is 0.368 e. The van der Waals surface area contributed by atoms with Gasteiger partial charge in [0, 0.05) is 19.6 Å². The number of nitrogens with one attached hydrogen (secondary N) is 1. The molecule has 0 saturated carbocycles. The lowest BCUT2D eigenvalue weighted by Crippen LogP contribution is -2.59. The van der Waals surface area contributed by atoms with Crippen LogP contribution in [0.15, 0.2) is 24.3 Å². The number of amides is 2. The van der Waals surface area contributed by atoms with E-state index in [4.69, 9.17) is 5.73 Å². The summed E-state index contributed by atoms with van der Waals surface area (Å²) in [5, 5.41) is 3.02. The Morgan fingerprint density at radius 1 is 1.47 bits per heavy atom. The predicted molar refractivity (Wildman–Crippen MR) is 67.7 cm³/mol. The molecule has 1 fully saturated rings. The van der Waals surface area contributed by atoms with Crippen LogP contribution in [0.1, 0.15) is 5.56 Å². The summed E-state index contributed by atoms with van der Waals surface area (Å²) < 4.78 is 13.1. The second kappa shape index (κ2) is 5.79. The minimum atomic E-state index is -0.630. The third-order valence-electron chi connectivity index (χ3n) is 3.14. The van der Waals surface area contributed by atoms with Gasteiger partial charge in [0.25, 0.3) is 0 Å². The maximum Gasteiger partial charge on any atom is 0.241 e. The second-order valence-corrected chi connectivity index (χ2v) is 4.52. The Labute approximate surface area is 110 Å². The highest BCUT2D eigenvalue weighted by Gasteiger charge is 2.30. The van der Waals surface area contributed by atoms with Gasteiger partial charge in [-0.05, 0) is 17.7 Å². The fourth-order valence-electron chi connectivity index (χ4n) is 2.18. The fourth-order valence-corrected chi connectivity index (χ4v) is 2.18. The van der Waals surface area contributed by atoms with Gasteiger partial charge in [-0.1, -0.05) is 12.1 Å². The number of piperazine rings is 1. The first-order chi connectivity index (χ1) is 9.08. The zero-order valence-electron chi connectivity index (χ0n) is 10.4. The fraction of sp³-hybridized carbons (Fsp3) is 0.385. The summed E-state index contributed by atoms with van der Waals surface area (Å²) in [5.41, 5.74) is 5.87. The topological polar surface area (TPSA) is 75.4 Å². The number of halogens is 1. The first-order valence-corrected chi connectivity index (χ1v) is 6.12. The van der Waals surface area contributed by atoms with Crippen molar-refractivity contribution in [1.29, 1.82) is 0 Å². The van der Waals surface area contributed by atoms with Gasteiger partial charge in [-0.25, -0.2) is 4.39 Å². The van der Waals surface area contributed by atoms with Crippen molar-refractivity contribution in [3.63, 3.8) is 0 Å². The minimum Gasteiger partial charge on any atom is -0.368 e. The van der Waals surface area contributed by atoms with Crippen LogP contribution in [0.25, 0.3) is 0 Å². The van der Waals surface area contributed by atoms with Crippen LogP contribution in [0.4, 0.5) is 4.39 Å². The molecule has 0 aliphatic carbocycles. The molecule has 19 heavy (non-hydrogen) atoms. The van der Waals surface area contributed by atoms with Crippen molar-refractivity contribution >= 4 is 11.8 Å². The van der Waals surface area contributed by atoms with Gasteiger partial charge in [0.15, 0.2) is 0 Å². The number of nitrogens with two attached hydrogens (primary N) is 1. The molecular formula is C13H16FN3O2. The van der Waals surface area contributed by atoms with Gasteiger partial charge in [0.1, 0.15) is 11.9 Å². The summed E-state index contributed by atoms with van der Waals surface area (Å²) in [7, 11) is 0. The zero-order valence-corrected chi connectivity index (χ0v) is 10.4. The normalized spacial score (nSPS) is 19.2. The Morgan fingerprint density at radius 3 is 2.95 bits per heavy atom. The average molecular weight is 265 g/mol. The van der Waals surface area contributed by atoms with Crippen molar-refractivity contribution in [2.24, 2.45) is 5.73 Å². The summed E-state index contributed by atoms with van der Waals surface area (Å²) in [6, 6.07) is 5.25. The monoisotopic (exact) mass is 265 g/mol. The molecule has 2 rings (SSSR count). The van der Waals surface area contributed by atoms with Crippen LogP contribution in [-0.2, 0) is 16.0 Å². The third kappa shape index (κ3) is 3.29. The molecule has 0 aromatic heterocycles. The molecular weight excluding hydrogens is 249 g/mol. The quantitative estimate of drug-likeness (QED) is 0.784. The number of hydrogen-bond acceptors (Lipinski definition) is 3. The van der Waals surface area contributed by atoms with E-state index in [1.807, 2.05) is 0 Å². The lowest BCUT2D eigenvalue weighted by molar-refractivity contribution is -0.139. The zero-order chi connectivity index (χ0) is 13.8. The van der Waals surface area contributed by atoms with Gasteiger partial charge >= 0.3 is 0 Å². The van der Waals surface area contributed by atoms with E-state index in [1.54, 1.807) is 12.1 Å². The number of carbonyl (C=O) groups excluding carboxylic acids is 2. The van der Waals surface area contributed by atoms with Crippen molar-refractivity contribution in [2.75, 3.05) is 19.6 Å². The Bertz CT molecular complexity index is 493. The summed E-state index contributed by atoms with van der Waals surface area (Å²) in [6.45, 7) is 1.42. The molecule has 0 spiro atoms. The van der Waals surface area contributed by atoms with Crippen molar-refractivity contribution in [3.8, 4) is 0 Å². The van der Waals surface area contributed by atoms with E-state index in [2.05, 4.69) is 5.32 Å². The predicted octanol–water partition coefficient (Wildman–Crippen LogP) is -0.346. The number of hydrogen-bond donors (Lipinski definition) is 2. The lowest BCUT2D eigenvalue weighted by atomic mass is 10.1. The molecule has 1 aliphatic rings. The third-order valence-corrected chi connectivity index (χ3v) is 3.14. The van der Waals surface area contributed by atoms with Gasteiger partial charge in [0.05, 0.1) is 6.42 Å². The van der Waals surface area contributed by atoms with Gasteiger partial charge in [-0.15, -0.1) is 0 Å². The molecule has 1 atom stereocenters. The molecule has 1 aromatic rings. The Balaban J connectivity index is 2.07. The summed E-state index contributed by atoms with van der Waals surface area (Å²) in [5.74, 6) is -1.12. The van der Waals surface area contributed by atoms with Crippen LogP contribution >= 0.6 is 0 Å². The molecule has 5 nitrogen and oxygen atoms in total. The van der Waals surface area contributed by atoms with Crippen molar-refractivity contribution in [1.82, 2.24) is 10.2 Å². The summed E-state index contributed by atoms with van der Waals surface area (Å²) in [6.07, 6.45) is 0.0710. The average Bonchev–Trinajstić information content (AvgIpc) is 2.38. The standard InChI is InChI=1S/C13H16FN3O2/c14-10-3-1-2-9(6-10)7-12(18)17-5-4-16-8-11(17)13(15)19/h1-3,6,11,16H,4-5,7-8H2,(H2,15,19). The van der Waals surface area contributed by atoms with Crippen LogP contribution in [0.2, 0.25) is 0 Å². The molecule has 102 valence electrons. The van der Waals surface area contributed by atoms with Gasteiger partial charge in [-0.3, -0.25) is 9.59 Å². The minimum absolute atomic E-state index is 0.0710. The molecule has 1 aromatic carbocycles. The van der Waals surface area contributed by atoms with Gasteiger partial charge < -0.3 is 16.0 Å². The maximum absolute atomic E-state index is 13.1. The number of carbonyl (C=O) groups is 2. The number of nitrogens with zero attached hydrogens (tertiary/aromatic N) is 1. The molecule has 0 radical (unpaired) electrons. The number of rotatable bonds is 3. The van der Waals surface area contributed by atoms with E-state index in [0.29, 0.717) is 25.2 Å². The molecule has 0 bridgehead atoms. The molecule has 2 amide bonds. The Kier molecular flexibility index (Phi) is 4.11. The van der Waals surface area contributed by atoms with E-state index < -0.39 is 11.9 Å². The van der Waals surface area contributed by atoms with Crippen LogP contribution in [-0.4, -0.2) is 42.4 Å². The smallest absolute Gasteiger partial charge is 0.241 e. The Hall–Kier alpha value is -1.95. The number of benzene rings is 1. The van der Waals surface area contributed by atoms with Gasteiger partial charge in [0.2, 0.25) is 11.8 Å². The van der Waals surface area contributed by atoms with E-state index >= 15 is 0 Å². The van der Waals surface area contributed by atoms with E-state index in [-0.39, 0.29) is 18.1 Å². The Morgan fingerprint density at radius 2 is 2.26 bits per heavy atom. The molecule has 1 unspecified atom stereocenters. The van der Waals surface area contributed by atoms with Crippen molar-refractivity contribution in [3.05, 3.63) is 35.6 Å². The molecule has 1 saturated heterocycles. The van der Waals surface area contributed by atoms with E-state index in [9.17, 15) is 14.0 Å². The van der Waals surface area contributed by atoms with Crippen molar-refractivity contribution in [2.45, 2.75) is 12.5 Å². The molecule has 1 aliphatic heterocycles. The highest BCUT2D eigenvalue weighted by atomic mass is 19.1. The number of primary amides is 1. The SMILES string of the molecule is NC(=O)C1CNCCN1C(=O)Cc1cccc(F)c1. The first-order valence-electron chi connectivity index (χ1n) is 6.12. The van der Waals surface area contributed by atoms with E-state index in [1.165, 1.54) is 17.0 Å². The van der Waals surface area contributed by atoms with Gasteiger partial charge in [-0.2, -0.15) is 0 Å². The van der Waals surface area contributed by atoms with E-state index in [0.717, 1.165) is 0 Å². The molecule has 3 N–H and O–H groups in total. The molecule has 6 heteroatoms.